The van der Waals surface area contributed by atoms with Gasteiger partial charge in [0.15, 0.2) is 5.12 Å². The molecular formula is C16H23ClN4O4S. The van der Waals surface area contributed by atoms with Gasteiger partial charge in [0.1, 0.15) is 11.6 Å². The largest absolute Gasteiger partial charge is 0.466 e. The predicted octanol–water partition coefficient (Wildman–Crippen LogP) is 1.91. The maximum atomic E-state index is 12.2. The summed E-state index contributed by atoms with van der Waals surface area (Å²) in [5, 5.41) is 2.61. The Balaban J connectivity index is 0.00000625. The van der Waals surface area contributed by atoms with Crippen molar-refractivity contribution in [1.82, 2.24) is 15.3 Å². The molecule has 0 radical (unpaired) electrons. The number of esters is 1. The Labute approximate surface area is 162 Å². The van der Waals surface area contributed by atoms with Crippen molar-refractivity contribution in [3.63, 3.8) is 0 Å². The molecule has 0 aliphatic carbocycles. The second-order valence-electron chi connectivity index (χ2n) is 5.28. The van der Waals surface area contributed by atoms with E-state index in [1.54, 1.807) is 13.8 Å². The van der Waals surface area contributed by atoms with E-state index in [0.29, 0.717) is 28.4 Å². The lowest BCUT2D eigenvalue weighted by Crippen LogP contribution is -2.25. The van der Waals surface area contributed by atoms with Gasteiger partial charge in [-0.15, -0.1) is 12.4 Å². The number of allylic oxidation sites excluding steroid dienone is 1. The highest BCUT2D eigenvalue weighted by Gasteiger charge is 2.13. The third kappa shape index (κ3) is 8.82. The zero-order chi connectivity index (χ0) is 19.0. The quantitative estimate of drug-likeness (QED) is 0.662. The first-order valence-electron chi connectivity index (χ1n) is 7.58. The SMILES string of the molecule is CC(=O)OCC/C(SC(C)=O)=C(\C)NC(=O)Cc1cnc(C)nc1N.Cl. The van der Waals surface area contributed by atoms with Gasteiger partial charge in [-0.1, -0.05) is 11.8 Å². The minimum Gasteiger partial charge on any atom is -0.466 e. The lowest BCUT2D eigenvalue weighted by atomic mass is 10.2. The maximum Gasteiger partial charge on any atom is 0.302 e. The fraction of sp³-hybridized carbons (Fsp3) is 0.438. The number of nitrogens with two attached hydrogens (primary N) is 1. The van der Waals surface area contributed by atoms with Crippen LogP contribution < -0.4 is 11.1 Å². The van der Waals surface area contributed by atoms with Crippen molar-refractivity contribution in [3.05, 3.63) is 28.2 Å². The fourth-order valence-electron chi connectivity index (χ4n) is 1.92. The van der Waals surface area contributed by atoms with E-state index in [1.807, 2.05) is 0 Å². The summed E-state index contributed by atoms with van der Waals surface area (Å²) in [7, 11) is 0. The molecule has 0 bridgehead atoms. The number of carbonyl (C=O) groups is 3. The minimum atomic E-state index is -0.399. The first kappa shape index (κ1) is 23.9. The van der Waals surface area contributed by atoms with Crippen LogP contribution in [0.4, 0.5) is 5.82 Å². The molecule has 1 rings (SSSR count). The molecule has 1 amide bonds. The number of carbonyl (C=O) groups excluding carboxylic acids is 3. The first-order valence-corrected chi connectivity index (χ1v) is 8.40. The molecule has 0 unspecified atom stereocenters. The Morgan fingerprint density at radius 2 is 1.92 bits per heavy atom. The lowest BCUT2D eigenvalue weighted by Gasteiger charge is -2.12. The number of aromatic nitrogens is 2. The lowest BCUT2D eigenvalue weighted by molar-refractivity contribution is -0.140. The average molecular weight is 403 g/mol. The van der Waals surface area contributed by atoms with Crippen LogP contribution in [0, 0.1) is 6.92 Å². The van der Waals surface area contributed by atoms with Crippen molar-refractivity contribution in [2.45, 2.75) is 40.5 Å². The molecule has 0 aliphatic rings. The van der Waals surface area contributed by atoms with Crippen LogP contribution >= 0.6 is 24.2 Å². The van der Waals surface area contributed by atoms with Crippen LogP contribution in [0.1, 0.15) is 38.6 Å². The molecule has 0 aromatic carbocycles. The number of nitrogens with zero attached hydrogens (tertiary/aromatic N) is 2. The summed E-state index contributed by atoms with van der Waals surface area (Å²) in [4.78, 5) is 43.1. The van der Waals surface area contributed by atoms with Crippen LogP contribution in [0.25, 0.3) is 0 Å². The molecule has 0 saturated carbocycles. The van der Waals surface area contributed by atoms with Gasteiger partial charge in [-0.05, 0) is 13.8 Å². The molecule has 26 heavy (non-hydrogen) atoms. The van der Waals surface area contributed by atoms with E-state index in [1.165, 1.54) is 20.0 Å². The van der Waals surface area contributed by atoms with Crippen LogP contribution in [-0.2, 0) is 25.5 Å². The van der Waals surface area contributed by atoms with Gasteiger partial charge in [-0.3, -0.25) is 14.4 Å². The number of nitrogen functional groups attached to an aromatic ring is 1. The molecule has 0 saturated heterocycles. The second-order valence-corrected chi connectivity index (χ2v) is 6.56. The number of rotatable bonds is 7. The van der Waals surface area contributed by atoms with E-state index < -0.39 is 5.97 Å². The molecule has 0 spiro atoms. The van der Waals surface area contributed by atoms with Gasteiger partial charge >= 0.3 is 5.97 Å². The van der Waals surface area contributed by atoms with E-state index in [9.17, 15) is 14.4 Å². The number of halogens is 1. The summed E-state index contributed by atoms with van der Waals surface area (Å²) in [6.45, 7) is 6.27. The van der Waals surface area contributed by atoms with E-state index in [2.05, 4.69) is 15.3 Å². The molecule has 10 heteroatoms. The molecule has 1 heterocycles. The van der Waals surface area contributed by atoms with Gasteiger partial charge in [0, 0.05) is 42.6 Å². The van der Waals surface area contributed by atoms with Crippen molar-refractivity contribution in [2.24, 2.45) is 0 Å². The number of aryl methyl sites for hydroxylation is 1. The molecule has 1 aromatic rings. The molecule has 3 N–H and O–H groups in total. The van der Waals surface area contributed by atoms with Gasteiger partial charge in [-0.25, -0.2) is 9.97 Å². The predicted molar refractivity (Wildman–Crippen MR) is 102 cm³/mol. The Morgan fingerprint density at radius 3 is 2.46 bits per heavy atom. The van der Waals surface area contributed by atoms with Gasteiger partial charge in [0.25, 0.3) is 0 Å². The summed E-state index contributed by atoms with van der Waals surface area (Å²) in [6.07, 6.45) is 1.87. The number of hydrogen-bond acceptors (Lipinski definition) is 8. The summed E-state index contributed by atoms with van der Waals surface area (Å²) in [5.41, 5.74) is 6.84. The first-order chi connectivity index (χ1) is 11.7. The van der Waals surface area contributed by atoms with Crippen LogP contribution in [-0.4, -0.2) is 33.6 Å². The summed E-state index contributed by atoms with van der Waals surface area (Å²) < 4.78 is 4.89. The van der Waals surface area contributed by atoms with Crippen molar-refractivity contribution in [2.75, 3.05) is 12.3 Å². The summed E-state index contributed by atoms with van der Waals surface area (Å²) in [6, 6.07) is 0. The third-order valence-corrected chi connectivity index (χ3v) is 4.06. The van der Waals surface area contributed by atoms with Crippen LogP contribution in [0.2, 0.25) is 0 Å². The molecule has 8 nitrogen and oxygen atoms in total. The minimum absolute atomic E-state index is 0. The monoisotopic (exact) mass is 402 g/mol. The van der Waals surface area contributed by atoms with Gasteiger partial charge in [-0.2, -0.15) is 0 Å². The molecule has 1 aromatic heterocycles. The number of amides is 1. The molecule has 0 fully saturated rings. The highest BCUT2D eigenvalue weighted by atomic mass is 35.5. The van der Waals surface area contributed by atoms with Gasteiger partial charge in [0.05, 0.1) is 13.0 Å². The average Bonchev–Trinajstić information content (AvgIpc) is 2.48. The van der Waals surface area contributed by atoms with E-state index in [0.717, 1.165) is 11.8 Å². The number of thioether (sulfide) groups is 1. The van der Waals surface area contributed by atoms with E-state index >= 15 is 0 Å². The third-order valence-electron chi connectivity index (χ3n) is 3.02. The van der Waals surface area contributed by atoms with Crippen LogP contribution in [0.3, 0.4) is 0 Å². The van der Waals surface area contributed by atoms with Crippen molar-refractivity contribution in [3.8, 4) is 0 Å². The smallest absolute Gasteiger partial charge is 0.302 e. The Bertz CT molecular complexity index is 709. The van der Waals surface area contributed by atoms with E-state index in [-0.39, 0.29) is 42.3 Å². The Kier molecular flexibility index (Phi) is 10.5. The normalized spacial score (nSPS) is 11.1. The van der Waals surface area contributed by atoms with Gasteiger partial charge < -0.3 is 15.8 Å². The second kappa shape index (κ2) is 11.5. The topological polar surface area (TPSA) is 124 Å². The molecular weight excluding hydrogens is 380 g/mol. The van der Waals surface area contributed by atoms with Crippen LogP contribution in [0.5, 0.6) is 0 Å². The zero-order valence-corrected chi connectivity index (χ0v) is 16.8. The molecule has 0 atom stereocenters. The zero-order valence-electron chi connectivity index (χ0n) is 15.1. The Hall–Kier alpha value is -2.13. The number of anilines is 1. The summed E-state index contributed by atoms with van der Waals surface area (Å²) in [5.74, 6) is 0.0929. The number of hydrogen-bond donors (Lipinski definition) is 2. The summed E-state index contributed by atoms with van der Waals surface area (Å²) >= 11 is 0.998. The highest BCUT2D eigenvalue weighted by Crippen LogP contribution is 2.23. The van der Waals surface area contributed by atoms with Crippen molar-refractivity contribution < 1.29 is 19.1 Å². The van der Waals surface area contributed by atoms with Gasteiger partial charge in [0.2, 0.25) is 5.91 Å². The standard InChI is InChI=1S/C16H22N4O4S.ClH/c1-9(14(25-12(4)22)5-6-24-11(3)21)19-15(23)7-13-8-18-10(2)20-16(13)17;/h8H,5-7H2,1-4H3,(H,19,23)(H2,17,18,20);1H/b14-9-;. The van der Waals surface area contributed by atoms with Crippen LogP contribution in [0.15, 0.2) is 16.8 Å². The van der Waals surface area contributed by atoms with Crippen molar-refractivity contribution >= 4 is 47.0 Å². The Morgan fingerprint density at radius 1 is 1.27 bits per heavy atom. The number of ether oxygens (including phenoxy) is 1. The maximum absolute atomic E-state index is 12.2. The molecule has 144 valence electrons. The molecule has 0 aliphatic heterocycles. The highest BCUT2D eigenvalue weighted by molar-refractivity contribution is 8.16. The van der Waals surface area contributed by atoms with Crippen molar-refractivity contribution in [1.29, 1.82) is 0 Å². The number of nitrogens with one attached hydrogen (secondary N) is 1. The fourth-order valence-corrected chi connectivity index (χ4v) is 2.66. The van der Waals surface area contributed by atoms with E-state index in [4.69, 9.17) is 10.5 Å².